The van der Waals surface area contributed by atoms with E-state index >= 15 is 0 Å². The van der Waals surface area contributed by atoms with Gasteiger partial charge in [-0.15, -0.1) is 0 Å². The minimum atomic E-state index is -1.23. The summed E-state index contributed by atoms with van der Waals surface area (Å²) in [6, 6.07) is 15.5. The molecule has 0 radical (unpaired) electrons. The van der Waals surface area contributed by atoms with Crippen molar-refractivity contribution in [3.8, 4) is 0 Å². The van der Waals surface area contributed by atoms with Gasteiger partial charge in [0.1, 0.15) is 17.9 Å². The van der Waals surface area contributed by atoms with Crippen molar-refractivity contribution >= 4 is 23.4 Å². The third kappa shape index (κ3) is 4.06. The van der Waals surface area contributed by atoms with Gasteiger partial charge in [0.05, 0.1) is 5.41 Å². The molecule has 1 amide bonds. The fourth-order valence-corrected chi connectivity index (χ4v) is 3.54. The molecule has 6 nitrogen and oxygen atoms in total. The first-order chi connectivity index (χ1) is 13.7. The zero-order valence-corrected chi connectivity index (χ0v) is 16.4. The second-order valence-electron chi connectivity index (χ2n) is 7.62. The number of aliphatic hydroxyl groups excluding tert-OH is 1. The van der Waals surface area contributed by atoms with Gasteiger partial charge in [0.25, 0.3) is 5.91 Å². The van der Waals surface area contributed by atoms with E-state index in [2.05, 4.69) is 17.4 Å². The highest BCUT2D eigenvalue weighted by atomic mass is 16.4. The van der Waals surface area contributed by atoms with E-state index < -0.39 is 41.0 Å². The van der Waals surface area contributed by atoms with Gasteiger partial charge in [-0.1, -0.05) is 48.5 Å². The quantitative estimate of drug-likeness (QED) is 0.655. The Hall–Kier alpha value is -3.41. The summed E-state index contributed by atoms with van der Waals surface area (Å²) in [5, 5.41) is 21.5. The summed E-state index contributed by atoms with van der Waals surface area (Å²) in [5.74, 6) is -3.07. The van der Waals surface area contributed by atoms with Gasteiger partial charge in [0.15, 0.2) is 5.78 Å². The number of ketones is 1. The molecule has 0 spiro atoms. The third-order valence-electron chi connectivity index (χ3n) is 5.22. The molecule has 0 fully saturated rings. The van der Waals surface area contributed by atoms with Crippen LogP contribution in [0.1, 0.15) is 36.1 Å². The van der Waals surface area contributed by atoms with E-state index in [4.69, 9.17) is 5.11 Å². The Morgan fingerprint density at radius 2 is 1.66 bits per heavy atom. The highest BCUT2D eigenvalue weighted by Crippen LogP contribution is 2.40. The largest absolute Gasteiger partial charge is 0.506 e. The van der Waals surface area contributed by atoms with Crippen LogP contribution in [0.2, 0.25) is 0 Å². The number of carbonyl (C=O) groups excluding carboxylic acids is 2. The van der Waals surface area contributed by atoms with Crippen LogP contribution < -0.4 is 5.32 Å². The molecular formula is C23H23NO5. The Bertz CT molecular complexity index is 1010. The van der Waals surface area contributed by atoms with Gasteiger partial charge in [-0.3, -0.25) is 14.4 Å². The molecule has 6 heteroatoms. The van der Waals surface area contributed by atoms with E-state index in [1.54, 1.807) is 19.9 Å². The standard InChI is InChI=1S/C23H23NO5/c1-23(2)17-12-15(9-8-14-6-4-3-5-7-14)10-11-16(17)20(27)19(21(23)28)22(29)24-13-18(25)26/h3-7,10-12,27H,8-9,13H2,1-2H3,(H,24,29)(H,25,26). The Morgan fingerprint density at radius 3 is 2.31 bits per heavy atom. The number of Topliss-reactive ketones (excluding diaryl/α,β-unsaturated/α-hetero) is 1. The molecule has 3 rings (SSSR count). The fourth-order valence-electron chi connectivity index (χ4n) is 3.54. The molecule has 0 atom stereocenters. The summed E-state index contributed by atoms with van der Waals surface area (Å²) >= 11 is 0. The predicted octanol–water partition coefficient (Wildman–Crippen LogP) is 2.80. The van der Waals surface area contributed by atoms with Crippen LogP contribution in [0, 0.1) is 0 Å². The van der Waals surface area contributed by atoms with E-state index in [-0.39, 0.29) is 0 Å². The molecule has 0 aliphatic heterocycles. The van der Waals surface area contributed by atoms with Crippen LogP contribution in [0.15, 0.2) is 54.1 Å². The van der Waals surface area contributed by atoms with Gasteiger partial charge in [-0.2, -0.15) is 0 Å². The summed E-state index contributed by atoms with van der Waals surface area (Å²) < 4.78 is 0. The van der Waals surface area contributed by atoms with E-state index in [1.165, 1.54) is 5.56 Å². The lowest BCUT2D eigenvalue weighted by Gasteiger charge is -2.32. The maximum Gasteiger partial charge on any atom is 0.322 e. The maximum absolute atomic E-state index is 13.0. The Balaban J connectivity index is 1.93. The number of aliphatic hydroxyl groups is 1. The molecule has 2 aromatic rings. The molecule has 1 aliphatic carbocycles. The summed E-state index contributed by atoms with van der Waals surface area (Å²) in [7, 11) is 0. The van der Waals surface area contributed by atoms with Gasteiger partial charge >= 0.3 is 5.97 Å². The summed E-state index contributed by atoms with van der Waals surface area (Å²) in [4.78, 5) is 36.0. The molecule has 150 valence electrons. The van der Waals surface area contributed by atoms with Crippen LogP contribution >= 0.6 is 0 Å². The lowest BCUT2D eigenvalue weighted by molar-refractivity contribution is -0.138. The third-order valence-corrected chi connectivity index (χ3v) is 5.22. The first-order valence-corrected chi connectivity index (χ1v) is 9.37. The SMILES string of the molecule is CC1(C)C(=O)C(C(=O)NCC(=O)O)=C(O)c2ccc(CCc3ccccc3)cc21. The van der Waals surface area contributed by atoms with Crippen molar-refractivity contribution < 1.29 is 24.6 Å². The minimum Gasteiger partial charge on any atom is -0.506 e. The number of aryl methyl sites for hydroxylation is 2. The monoisotopic (exact) mass is 393 g/mol. The summed E-state index contributed by atoms with van der Waals surface area (Å²) in [6.07, 6.45) is 1.62. The van der Waals surface area contributed by atoms with Crippen molar-refractivity contribution in [2.24, 2.45) is 0 Å². The number of amides is 1. The lowest BCUT2D eigenvalue weighted by Crippen LogP contribution is -2.42. The average molecular weight is 393 g/mol. The number of aliphatic carboxylic acids is 1. The van der Waals surface area contributed by atoms with Gasteiger partial charge in [-0.25, -0.2) is 0 Å². The number of rotatable bonds is 6. The maximum atomic E-state index is 13.0. The Kier molecular flexibility index (Phi) is 5.55. The average Bonchev–Trinajstić information content (AvgIpc) is 2.70. The highest BCUT2D eigenvalue weighted by Gasteiger charge is 2.43. The van der Waals surface area contributed by atoms with Gasteiger partial charge < -0.3 is 15.5 Å². The van der Waals surface area contributed by atoms with E-state index in [0.29, 0.717) is 11.1 Å². The van der Waals surface area contributed by atoms with Crippen LogP contribution in [0.5, 0.6) is 0 Å². The zero-order chi connectivity index (χ0) is 21.2. The second-order valence-corrected chi connectivity index (χ2v) is 7.62. The Morgan fingerprint density at radius 1 is 1.00 bits per heavy atom. The smallest absolute Gasteiger partial charge is 0.322 e. The van der Waals surface area contributed by atoms with Gasteiger partial charge in [0, 0.05) is 5.56 Å². The van der Waals surface area contributed by atoms with Crippen molar-refractivity contribution in [3.05, 3.63) is 76.4 Å². The number of nitrogens with one attached hydrogen (secondary N) is 1. The first kappa shape index (κ1) is 20.3. The molecule has 0 saturated heterocycles. The molecule has 0 heterocycles. The summed E-state index contributed by atoms with van der Waals surface area (Å²) in [6.45, 7) is 2.77. The van der Waals surface area contributed by atoms with Gasteiger partial charge in [0.2, 0.25) is 0 Å². The number of hydrogen-bond donors (Lipinski definition) is 3. The molecule has 0 unspecified atom stereocenters. The van der Waals surface area contributed by atoms with E-state index in [9.17, 15) is 19.5 Å². The van der Waals surface area contributed by atoms with Crippen molar-refractivity contribution in [3.63, 3.8) is 0 Å². The summed E-state index contributed by atoms with van der Waals surface area (Å²) in [5.41, 5.74) is 1.88. The molecule has 0 bridgehead atoms. The molecule has 0 aromatic heterocycles. The fraction of sp³-hybridized carbons (Fsp3) is 0.261. The Labute approximate surface area is 168 Å². The first-order valence-electron chi connectivity index (χ1n) is 9.37. The topological polar surface area (TPSA) is 104 Å². The van der Waals surface area contributed by atoms with Crippen LogP contribution in [-0.4, -0.2) is 34.4 Å². The molecule has 29 heavy (non-hydrogen) atoms. The normalized spacial score (nSPS) is 15.0. The number of benzene rings is 2. The molecule has 3 N–H and O–H groups in total. The minimum absolute atomic E-state index is 0.402. The van der Waals surface area contributed by atoms with Crippen molar-refractivity contribution in [2.75, 3.05) is 6.54 Å². The molecule has 0 saturated carbocycles. The van der Waals surface area contributed by atoms with E-state index in [0.717, 1.165) is 18.4 Å². The number of fused-ring (bicyclic) bond motifs is 1. The second kappa shape index (κ2) is 7.91. The zero-order valence-electron chi connectivity index (χ0n) is 16.4. The van der Waals surface area contributed by atoms with Crippen LogP contribution in [-0.2, 0) is 32.6 Å². The predicted molar refractivity (Wildman–Crippen MR) is 109 cm³/mol. The van der Waals surface area contributed by atoms with Crippen LogP contribution in [0.25, 0.3) is 5.76 Å². The van der Waals surface area contributed by atoms with E-state index in [1.807, 2.05) is 30.3 Å². The highest BCUT2D eigenvalue weighted by molar-refractivity contribution is 6.28. The van der Waals surface area contributed by atoms with Gasteiger partial charge in [-0.05, 0) is 43.4 Å². The lowest BCUT2D eigenvalue weighted by atomic mass is 9.70. The number of carboxylic acids is 1. The van der Waals surface area contributed by atoms with Crippen molar-refractivity contribution in [1.29, 1.82) is 0 Å². The number of carboxylic acid groups (broad SMARTS) is 1. The van der Waals surface area contributed by atoms with Crippen LogP contribution in [0.4, 0.5) is 0 Å². The van der Waals surface area contributed by atoms with Crippen molar-refractivity contribution in [2.45, 2.75) is 32.1 Å². The van der Waals surface area contributed by atoms with Crippen LogP contribution in [0.3, 0.4) is 0 Å². The molecule has 1 aliphatic rings. The van der Waals surface area contributed by atoms with Crippen molar-refractivity contribution in [1.82, 2.24) is 5.32 Å². The number of carbonyl (C=O) groups is 3. The molecule has 2 aromatic carbocycles. The molecular weight excluding hydrogens is 370 g/mol. The number of hydrogen-bond acceptors (Lipinski definition) is 4.